The Bertz CT molecular complexity index is 340. The van der Waals surface area contributed by atoms with Crippen molar-refractivity contribution in [3.05, 3.63) is 23.5 Å². The Balaban J connectivity index is 3.08. The Morgan fingerprint density at radius 2 is 1.80 bits per heavy atom. The fourth-order valence-corrected chi connectivity index (χ4v) is 1.40. The molecule has 0 saturated carbocycles. The monoisotopic (exact) mass is 213 g/mol. The molecule has 0 aliphatic heterocycles. The predicted molar refractivity (Wildman–Crippen MR) is 56.9 cm³/mol. The molecule has 0 aromatic heterocycles. The Morgan fingerprint density at radius 1 is 1.27 bits per heavy atom. The van der Waals surface area contributed by atoms with E-state index in [1.165, 1.54) is 20.3 Å². The quantitative estimate of drug-likeness (QED) is 0.828. The van der Waals surface area contributed by atoms with Crippen LogP contribution < -0.4 is 15.2 Å². The zero-order valence-electron chi connectivity index (χ0n) is 9.21. The second-order valence-electron chi connectivity index (χ2n) is 3.48. The SMILES string of the molecule is COc1cc(F)c(CC(C)N)cc1OC. The topological polar surface area (TPSA) is 44.5 Å². The molecule has 84 valence electrons. The molecule has 0 aliphatic rings. The van der Waals surface area contributed by atoms with Crippen LogP contribution in [0.4, 0.5) is 4.39 Å². The minimum absolute atomic E-state index is 0.0856. The van der Waals surface area contributed by atoms with Crippen molar-refractivity contribution in [1.29, 1.82) is 0 Å². The molecule has 15 heavy (non-hydrogen) atoms. The van der Waals surface area contributed by atoms with E-state index in [1.807, 2.05) is 6.92 Å². The summed E-state index contributed by atoms with van der Waals surface area (Å²) in [6, 6.07) is 2.85. The van der Waals surface area contributed by atoms with E-state index in [4.69, 9.17) is 15.2 Å². The fourth-order valence-electron chi connectivity index (χ4n) is 1.40. The number of hydrogen-bond donors (Lipinski definition) is 1. The summed E-state index contributed by atoms with van der Waals surface area (Å²) < 4.78 is 23.6. The van der Waals surface area contributed by atoms with Crippen molar-refractivity contribution in [3.63, 3.8) is 0 Å². The van der Waals surface area contributed by atoms with Crippen molar-refractivity contribution >= 4 is 0 Å². The molecular formula is C11H16FNO2. The van der Waals surface area contributed by atoms with Gasteiger partial charge < -0.3 is 15.2 Å². The smallest absolute Gasteiger partial charge is 0.163 e. The molecule has 1 rings (SSSR count). The largest absolute Gasteiger partial charge is 0.493 e. The number of hydrogen-bond acceptors (Lipinski definition) is 3. The third-order valence-corrected chi connectivity index (χ3v) is 2.09. The normalized spacial score (nSPS) is 12.3. The summed E-state index contributed by atoms with van der Waals surface area (Å²) in [6.07, 6.45) is 0.478. The zero-order chi connectivity index (χ0) is 11.4. The number of ether oxygens (including phenoxy) is 2. The van der Waals surface area contributed by atoms with Crippen LogP contribution in [0.3, 0.4) is 0 Å². The van der Waals surface area contributed by atoms with Crippen molar-refractivity contribution in [2.24, 2.45) is 5.73 Å². The van der Waals surface area contributed by atoms with E-state index in [9.17, 15) is 4.39 Å². The van der Waals surface area contributed by atoms with Gasteiger partial charge in [0.05, 0.1) is 14.2 Å². The molecule has 0 fully saturated rings. The molecule has 0 aliphatic carbocycles. The van der Waals surface area contributed by atoms with Crippen LogP contribution in [0, 0.1) is 5.82 Å². The van der Waals surface area contributed by atoms with Gasteiger partial charge in [-0.1, -0.05) is 0 Å². The Morgan fingerprint density at radius 3 is 2.27 bits per heavy atom. The van der Waals surface area contributed by atoms with E-state index in [-0.39, 0.29) is 11.9 Å². The summed E-state index contributed by atoms with van der Waals surface area (Å²) in [4.78, 5) is 0. The summed E-state index contributed by atoms with van der Waals surface area (Å²) in [5.74, 6) is 0.600. The maximum atomic E-state index is 13.5. The van der Waals surface area contributed by atoms with E-state index in [0.717, 1.165) is 0 Å². The number of nitrogens with two attached hydrogens (primary N) is 1. The second-order valence-corrected chi connectivity index (χ2v) is 3.48. The van der Waals surface area contributed by atoms with Crippen molar-refractivity contribution in [2.45, 2.75) is 19.4 Å². The lowest BCUT2D eigenvalue weighted by atomic mass is 10.1. The molecule has 0 saturated heterocycles. The van der Waals surface area contributed by atoms with Crippen molar-refractivity contribution in [2.75, 3.05) is 14.2 Å². The molecule has 1 aromatic rings. The lowest BCUT2D eigenvalue weighted by molar-refractivity contribution is 0.351. The average Bonchev–Trinajstić information content (AvgIpc) is 2.19. The van der Waals surface area contributed by atoms with Gasteiger partial charge in [-0.15, -0.1) is 0 Å². The molecule has 0 radical (unpaired) electrons. The fraction of sp³-hybridized carbons (Fsp3) is 0.455. The highest BCUT2D eigenvalue weighted by atomic mass is 19.1. The third kappa shape index (κ3) is 2.83. The lowest BCUT2D eigenvalue weighted by Crippen LogP contribution is -2.18. The minimum Gasteiger partial charge on any atom is -0.493 e. The van der Waals surface area contributed by atoms with Gasteiger partial charge in [-0.25, -0.2) is 4.39 Å². The minimum atomic E-state index is -0.315. The Hall–Kier alpha value is -1.29. The van der Waals surface area contributed by atoms with Crippen molar-refractivity contribution < 1.29 is 13.9 Å². The molecule has 2 N–H and O–H groups in total. The van der Waals surface area contributed by atoms with Gasteiger partial charge in [-0.3, -0.25) is 0 Å². The number of halogens is 1. The van der Waals surface area contributed by atoms with Gasteiger partial charge in [-0.05, 0) is 25.0 Å². The average molecular weight is 213 g/mol. The predicted octanol–water partition coefficient (Wildman–Crippen LogP) is 1.73. The Labute approximate surface area is 89.0 Å². The molecule has 0 amide bonds. The molecule has 1 atom stereocenters. The van der Waals surface area contributed by atoms with E-state index in [2.05, 4.69) is 0 Å². The molecule has 1 unspecified atom stereocenters. The highest BCUT2D eigenvalue weighted by Gasteiger charge is 2.11. The number of rotatable bonds is 4. The summed E-state index contributed by atoms with van der Waals surface area (Å²) in [7, 11) is 2.99. The molecule has 0 heterocycles. The van der Waals surface area contributed by atoms with Crippen LogP contribution in [0.1, 0.15) is 12.5 Å². The number of methoxy groups -OCH3 is 2. The standard InChI is InChI=1S/C11H16FNO2/c1-7(13)4-8-5-10(14-2)11(15-3)6-9(8)12/h5-7H,4,13H2,1-3H3. The molecule has 1 aromatic carbocycles. The number of benzene rings is 1. The van der Waals surface area contributed by atoms with Crippen LogP contribution in [-0.2, 0) is 6.42 Å². The molecule has 3 nitrogen and oxygen atoms in total. The van der Waals surface area contributed by atoms with Crippen LogP contribution in [-0.4, -0.2) is 20.3 Å². The van der Waals surface area contributed by atoms with Gasteiger partial charge in [0.1, 0.15) is 5.82 Å². The summed E-state index contributed by atoms with van der Waals surface area (Å²) >= 11 is 0. The summed E-state index contributed by atoms with van der Waals surface area (Å²) in [5.41, 5.74) is 6.16. The first-order valence-electron chi connectivity index (χ1n) is 4.74. The van der Waals surface area contributed by atoms with Crippen LogP contribution >= 0.6 is 0 Å². The van der Waals surface area contributed by atoms with Gasteiger partial charge in [0.15, 0.2) is 11.5 Å². The van der Waals surface area contributed by atoms with Crippen LogP contribution in [0.25, 0.3) is 0 Å². The molecular weight excluding hydrogens is 197 g/mol. The molecule has 4 heteroatoms. The third-order valence-electron chi connectivity index (χ3n) is 2.09. The van der Waals surface area contributed by atoms with Crippen molar-refractivity contribution in [1.82, 2.24) is 0 Å². The van der Waals surface area contributed by atoms with E-state index >= 15 is 0 Å². The molecule has 0 bridgehead atoms. The van der Waals surface area contributed by atoms with Gasteiger partial charge in [0, 0.05) is 12.1 Å². The first-order chi connectivity index (χ1) is 7.08. The van der Waals surface area contributed by atoms with Gasteiger partial charge in [-0.2, -0.15) is 0 Å². The first-order valence-corrected chi connectivity index (χ1v) is 4.74. The maximum absolute atomic E-state index is 13.5. The molecule has 0 spiro atoms. The van der Waals surface area contributed by atoms with E-state index in [0.29, 0.717) is 23.5 Å². The van der Waals surface area contributed by atoms with Gasteiger partial charge >= 0.3 is 0 Å². The van der Waals surface area contributed by atoms with Crippen molar-refractivity contribution in [3.8, 4) is 11.5 Å². The first kappa shape index (κ1) is 11.8. The van der Waals surface area contributed by atoms with Gasteiger partial charge in [0.2, 0.25) is 0 Å². The Kier molecular flexibility index (Phi) is 3.91. The summed E-state index contributed by atoms with van der Waals surface area (Å²) in [6.45, 7) is 1.83. The lowest BCUT2D eigenvalue weighted by Gasteiger charge is -2.12. The van der Waals surface area contributed by atoms with Crippen LogP contribution in [0.2, 0.25) is 0 Å². The highest BCUT2D eigenvalue weighted by Crippen LogP contribution is 2.30. The summed E-state index contributed by atoms with van der Waals surface area (Å²) in [5, 5.41) is 0. The second kappa shape index (κ2) is 4.98. The van der Waals surface area contributed by atoms with Crippen LogP contribution in [0.15, 0.2) is 12.1 Å². The van der Waals surface area contributed by atoms with E-state index in [1.54, 1.807) is 6.07 Å². The zero-order valence-corrected chi connectivity index (χ0v) is 9.21. The van der Waals surface area contributed by atoms with Gasteiger partial charge in [0.25, 0.3) is 0 Å². The highest BCUT2D eigenvalue weighted by molar-refractivity contribution is 5.43. The van der Waals surface area contributed by atoms with Crippen LogP contribution in [0.5, 0.6) is 11.5 Å². The van der Waals surface area contributed by atoms with E-state index < -0.39 is 0 Å². The maximum Gasteiger partial charge on any atom is 0.163 e.